The molecule has 1 saturated carbocycles. The molecular weight excluding hydrogens is 454 g/mol. The van der Waals surface area contributed by atoms with Crippen LogP contribution < -0.4 is 16.4 Å². The number of nitrogens with zero attached hydrogens (tertiary/aromatic N) is 1. The topological polar surface area (TPSA) is 143 Å². The van der Waals surface area contributed by atoms with E-state index in [1.165, 1.54) is 6.07 Å². The van der Waals surface area contributed by atoms with Gasteiger partial charge in [0.25, 0.3) is 0 Å². The molecule has 12 heteroatoms. The lowest BCUT2D eigenvalue weighted by molar-refractivity contribution is -0.161. The van der Waals surface area contributed by atoms with Gasteiger partial charge >= 0.3 is 6.09 Å². The highest BCUT2D eigenvalue weighted by atomic mass is 19.2. The van der Waals surface area contributed by atoms with Crippen LogP contribution in [0.2, 0.25) is 0 Å². The van der Waals surface area contributed by atoms with Crippen molar-refractivity contribution in [2.24, 2.45) is 5.73 Å². The number of carbonyl (C=O) groups is 3. The first kappa shape index (κ1) is 27.4. The molecule has 1 fully saturated rings. The highest BCUT2D eigenvalue weighted by molar-refractivity contribution is 5.91. The van der Waals surface area contributed by atoms with Crippen LogP contribution >= 0.6 is 0 Å². The van der Waals surface area contributed by atoms with Crippen molar-refractivity contribution in [3.63, 3.8) is 0 Å². The molecule has 5 N–H and O–H groups in total. The maximum atomic E-state index is 13.8. The number of hydrogen-bond acceptors (Lipinski definition) is 6. The second kappa shape index (κ2) is 13.2. The van der Waals surface area contributed by atoms with Crippen LogP contribution in [0.15, 0.2) is 18.2 Å². The van der Waals surface area contributed by atoms with Crippen molar-refractivity contribution in [2.75, 3.05) is 26.3 Å². The maximum Gasteiger partial charge on any atom is 0.405 e. The Morgan fingerprint density at radius 3 is 2.26 bits per heavy atom. The Balaban J connectivity index is 2.29. The fourth-order valence-corrected chi connectivity index (χ4v) is 3.45. The molecular formula is C22H32F2N4O6. The highest BCUT2D eigenvalue weighted by Gasteiger charge is 2.38. The van der Waals surface area contributed by atoms with Crippen molar-refractivity contribution in [3.8, 4) is 0 Å². The zero-order chi connectivity index (χ0) is 25.3. The number of benzene rings is 1. The van der Waals surface area contributed by atoms with Crippen LogP contribution in [0, 0.1) is 11.6 Å². The lowest BCUT2D eigenvalue weighted by Gasteiger charge is -2.31. The standard InChI is InChI=1S/C22H32F2N4O6/c1-3-33-19(34-4-2)12-28(14-6-7-14)21(30)17(10-13-5-8-15(23)16(24)9-13)26-20(29)18(11-25)27-22(31)32/h5,8-9,14,17-19,27H,3-4,6-7,10-12,25H2,1-2H3,(H,26,29)(H,31,32). The monoisotopic (exact) mass is 486 g/mol. The summed E-state index contributed by atoms with van der Waals surface area (Å²) in [5.74, 6) is -3.42. The Morgan fingerprint density at radius 1 is 1.12 bits per heavy atom. The molecule has 0 radical (unpaired) electrons. The predicted octanol–water partition coefficient (Wildman–Crippen LogP) is 0.977. The summed E-state index contributed by atoms with van der Waals surface area (Å²) in [6.45, 7) is 4.10. The van der Waals surface area contributed by atoms with Crippen molar-refractivity contribution in [2.45, 2.75) is 57.5 Å². The number of rotatable bonds is 14. The van der Waals surface area contributed by atoms with Gasteiger partial charge in [-0.05, 0) is 44.4 Å². The van der Waals surface area contributed by atoms with E-state index >= 15 is 0 Å². The molecule has 1 aliphatic rings. The summed E-state index contributed by atoms with van der Waals surface area (Å²) in [7, 11) is 0. The predicted molar refractivity (Wildman–Crippen MR) is 118 cm³/mol. The van der Waals surface area contributed by atoms with Crippen LogP contribution in [0.25, 0.3) is 0 Å². The molecule has 34 heavy (non-hydrogen) atoms. The first-order chi connectivity index (χ1) is 16.2. The van der Waals surface area contributed by atoms with Crippen LogP contribution in [0.1, 0.15) is 32.3 Å². The lowest BCUT2D eigenvalue weighted by Crippen LogP contribution is -2.57. The molecule has 0 aliphatic heterocycles. The van der Waals surface area contributed by atoms with E-state index in [0.717, 1.165) is 25.0 Å². The summed E-state index contributed by atoms with van der Waals surface area (Å²) >= 11 is 0. The third-order valence-electron chi connectivity index (χ3n) is 5.21. The number of ether oxygens (including phenoxy) is 2. The minimum atomic E-state index is -1.45. The molecule has 2 unspecified atom stereocenters. The fourth-order valence-electron chi connectivity index (χ4n) is 3.45. The quantitative estimate of drug-likeness (QED) is 0.287. The van der Waals surface area contributed by atoms with Crippen molar-refractivity contribution in [1.82, 2.24) is 15.5 Å². The molecule has 2 atom stereocenters. The Bertz CT molecular complexity index is 849. The van der Waals surface area contributed by atoms with Gasteiger partial charge in [-0.2, -0.15) is 0 Å². The first-order valence-electron chi connectivity index (χ1n) is 11.2. The minimum Gasteiger partial charge on any atom is -0.465 e. The fraction of sp³-hybridized carbons (Fsp3) is 0.591. The third kappa shape index (κ3) is 8.19. The Morgan fingerprint density at radius 2 is 1.76 bits per heavy atom. The first-order valence-corrected chi connectivity index (χ1v) is 11.2. The molecule has 10 nitrogen and oxygen atoms in total. The van der Waals surface area contributed by atoms with Gasteiger partial charge < -0.3 is 35.8 Å². The summed E-state index contributed by atoms with van der Waals surface area (Å²) in [4.78, 5) is 38.8. The molecule has 3 amide bonds. The average Bonchev–Trinajstić information content (AvgIpc) is 3.62. The van der Waals surface area contributed by atoms with Gasteiger partial charge in [-0.25, -0.2) is 13.6 Å². The number of carboxylic acid groups (broad SMARTS) is 1. The van der Waals surface area contributed by atoms with Gasteiger partial charge in [-0.3, -0.25) is 9.59 Å². The second-order valence-corrected chi connectivity index (χ2v) is 7.81. The van der Waals surface area contributed by atoms with Crippen molar-refractivity contribution < 1.29 is 37.7 Å². The van der Waals surface area contributed by atoms with Crippen LogP contribution in [0.3, 0.4) is 0 Å². The van der Waals surface area contributed by atoms with Gasteiger partial charge in [-0.15, -0.1) is 0 Å². The summed E-state index contributed by atoms with van der Waals surface area (Å²) in [6, 6.07) is 0.621. The zero-order valence-electron chi connectivity index (χ0n) is 19.3. The second-order valence-electron chi connectivity index (χ2n) is 7.81. The molecule has 0 spiro atoms. The Kier molecular flexibility index (Phi) is 10.6. The number of amides is 3. The van der Waals surface area contributed by atoms with Crippen molar-refractivity contribution >= 4 is 17.9 Å². The van der Waals surface area contributed by atoms with Gasteiger partial charge in [0.1, 0.15) is 12.1 Å². The van der Waals surface area contributed by atoms with Crippen molar-refractivity contribution in [3.05, 3.63) is 35.4 Å². The van der Waals surface area contributed by atoms with Crippen LogP contribution in [-0.4, -0.2) is 78.6 Å². The number of carbonyl (C=O) groups excluding carboxylic acids is 2. The summed E-state index contributed by atoms with van der Waals surface area (Å²) < 4.78 is 38.3. The van der Waals surface area contributed by atoms with E-state index in [2.05, 4.69) is 5.32 Å². The molecule has 0 aromatic heterocycles. The normalized spacial score (nSPS) is 15.0. The molecule has 0 bridgehead atoms. The Labute approximate surface area is 196 Å². The van der Waals surface area contributed by atoms with Crippen LogP contribution in [0.4, 0.5) is 13.6 Å². The van der Waals surface area contributed by atoms with E-state index in [9.17, 15) is 23.2 Å². The van der Waals surface area contributed by atoms with E-state index in [-0.39, 0.29) is 31.1 Å². The molecule has 190 valence electrons. The van der Waals surface area contributed by atoms with Gasteiger partial charge in [0.05, 0.1) is 6.54 Å². The van der Waals surface area contributed by atoms with Crippen LogP contribution in [-0.2, 0) is 25.5 Å². The smallest absolute Gasteiger partial charge is 0.405 e. The van der Waals surface area contributed by atoms with Crippen LogP contribution in [0.5, 0.6) is 0 Å². The minimum absolute atomic E-state index is 0.0808. The molecule has 1 aromatic carbocycles. The van der Waals surface area contributed by atoms with Gasteiger partial charge in [0.2, 0.25) is 11.8 Å². The van der Waals surface area contributed by atoms with Gasteiger partial charge in [-0.1, -0.05) is 6.07 Å². The molecule has 0 heterocycles. The molecule has 1 aliphatic carbocycles. The average molecular weight is 487 g/mol. The molecule has 0 saturated heterocycles. The highest BCUT2D eigenvalue weighted by Crippen LogP contribution is 2.28. The molecule has 1 aromatic rings. The Hall–Kier alpha value is -2.83. The number of halogens is 2. The zero-order valence-corrected chi connectivity index (χ0v) is 19.3. The summed E-state index contributed by atoms with van der Waals surface area (Å²) in [5.41, 5.74) is 5.78. The third-order valence-corrected chi connectivity index (χ3v) is 5.21. The van der Waals surface area contributed by atoms with Gasteiger partial charge in [0, 0.05) is 32.2 Å². The SMILES string of the molecule is CCOC(CN(C(=O)C(Cc1ccc(F)c(F)c1)NC(=O)C(CN)NC(=O)O)C1CC1)OCC. The van der Waals surface area contributed by atoms with Gasteiger partial charge in [0.15, 0.2) is 17.9 Å². The maximum absolute atomic E-state index is 13.8. The summed E-state index contributed by atoms with van der Waals surface area (Å²) in [6.07, 6.45) is -0.763. The number of nitrogens with two attached hydrogens (primary N) is 1. The van der Waals surface area contributed by atoms with E-state index in [1.54, 1.807) is 18.7 Å². The van der Waals surface area contributed by atoms with E-state index in [4.69, 9.17) is 20.3 Å². The van der Waals surface area contributed by atoms with E-state index in [1.807, 2.05) is 5.32 Å². The van der Waals surface area contributed by atoms with E-state index in [0.29, 0.717) is 13.2 Å². The van der Waals surface area contributed by atoms with E-state index < -0.39 is 47.9 Å². The number of nitrogens with one attached hydrogen (secondary N) is 2. The lowest BCUT2D eigenvalue weighted by atomic mass is 10.0. The van der Waals surface area contributed by atoms with Crippen molar-refractivity contribution in [1.29, 1.82) is 0 Å². The number of hydrogen-bond donors (Lipinski definition) is 4. The molecule has 2 rings (SSSR count). The summed E-state index contributed by atoms with van der Waals surface area (Å²) in [5, 5.41) is 13.5. The largest absolute Gasteiger partial charge is 0.465 e.